The van der Waals surface area contributed by atoms with Gasteiger partial charge >= 0.3 is 6.09 Å². The molecule has 0 aromatic heterocycles. The molecule has 1 amide bonds. The number of carbonyl (C=O) groups excluding carboxylic acids is 1. The van der Waals surface area contributed by atoms with Gasteiger partial charge in [-0.3, -0.25) is 0 Å². The van der Waals surface area contributed by atoms with Crippen LogP contribution in [0.5, 0.6) is 0 Å². The van der Waals surface area contributed by atoms with E-state index in [-0.39, 0.29) is 30.6 Å². The van der Waals surface area contributed by atoms with Gasteiger partial charge in [0.15, 0.2) is 0 Å². The van der Waals surface area contributed by atoms with E-state index in [9.17, 15) is 13.2 Å². The van der Waals surface area contributed by atoms with Crippen LogP contribution in [0.1, 0.15) is 12.5 Å². The van der Waals surface area contributed by atoms with Crippen molar-refractivity contribution in [2.75, 3.05) is 38.2 Å². The van der Waals surface area contributed by atoms with Crippen LogP contribution in [-0.2, 0) is 25.9 Å². The van der Waals surface area contributed by atoms with Crippen molar-refractivity contribution < 1.29 is 22.7 Å². The van der Waals surface area contributed by atoms with Gasteiger partial charge in [0.2, 0.25) is 0 Å². The molecule has 0 spiro atoms. The minimum atomic E-state index is -3.02. The van der Waals surface area contributed by atoms with Crippen molar-refractivity contribution >= 4 is 15.9 Å². The fourth-order valence-electron chi connectivity index (χ4n) is 2.66. The molecule has 2 atom stereocenters. The molecule has 2 rings (SSSR count). The molecule has 8 heteroatoms. The number of carbonyl (C=O) groups is 1. The number of sulfone groups is 1. The predicted octanol–water partition coefficient (Wildman–Crippen LogP) is 1.05. The summed E-state index contributed by atoms with van der Waals surface area (Å²) in [4.78, 5) is 13.8. The molecule has 2 unspecified atom stereocenters. The molecule has 1 aromatic carbocycles. The van der Waals surface area contributed by atoms with Gasteiger partial charge in [-0.05, 0) is 12.5 Å². The lowest BCUT2D eigenvalue weighted by Gasteiger charge is -2.33. The second-order valence-corrected chi connectivity index (χ2v) is 8.57. The second-order valence-electron chi connectivity index (χ2n) is 6.38. The van der Waals surface area contributed by atoms with Gasteiger partial charge in [-0.2, -0.15) is 0 Å². The van der Waals surface area contributed by atoms with E-state index in [4.69, 9.17) is 9.47 Å². The van der Waals surface area contributed by atoms with Crippen LogP contribution in [-0.4, -0.2) is 69.8 Å². The van der Waals surface area contributed by atoms with Crippen LogP contribution in [0.15, 0.2) is 30.3 Å². The minimum Gasteiger partial charge on any atom is -0.445 e. The number of rotatable bonds is 7. The molecule has 1 fully saturated rings. The minimum absolute atomic E-state index is 0.0720. The topological polar surface area (TPSA) is 84.9 Å². The van der Waals surface area contributed by atoms with Crippen LogP contribution in [0.2, 0.25) is 0 Å². The Labute approximate surface area is 149 Å². The molecule has 0 radical (unpaired) electrons. The van der Waals surface area contributed by atoms with E-state index in [1.165, 1.54) is 6.26 Å². The summed E-state index contributed by atoms with van der Waals surface area (Å²) in [7, 11) is -3.02. The fraction of sp³-hybridized carbons (Fsp3) is 0.588. The summed E-state index contributed by atoms with van der Waals surface area (Å²) >= 11 is 0. The third-order valence-electron chi connectivity index (χ3n) is 3.85. The molecule has 25 heavy (non-hydrogen) atoms. The van der Waals surface area contributed by atoms with E-state index in [0.717, 1.165) is 5.56 Å². The Kier molecular flexibility index (Phi) is 7.22. The van der Waals surface area contributed by atoms with Crippen LogP contribution in [0.25, 0.3) is 0 Å². The normalized spacial score (nSPS) is 19.4. The Hall–Kier alpha value is -1.64. The quantitative estimate of drug-likeness (QED) is 0.772. The number of amides is 1. The third-order valence-corrected chi connectivity index (χ3v) is 4.95. The van der Waals surface area contributed by atoms with Crippen LogP contribution in [0.3, 0.4) is 0 Å². The first-order chi connectivity index (χ1) is 11.8. The van der Waals surface area contributed by atoms with Gasteiger partial charge in [-0.25, -0.2) is 13.2 Å². The number of ether oxygens (including phenoxy) is 2. The van der Waals surface area contributed by atoms with Crippen molar-refractivity contribution in [3.63, 3.8) is 0 Å². The molecule has 1 heterocycles. The molecular formula is C17H26N2O5S. The van der Waals surface area contributed by atoms with Crippen LogP contribution >= 0.6 is 0 Å². The molecule has 0 aliphatic carbocycles. The highest BCUT2D eigenvalue weighted by atomic mass is 32.2. The van der Waals surface area contributed by atoms with Crippen molar-refractivity contribution in [2.45, 2.75) is 25.7 Å². The standard InChI is InChI=1S/C17H26N2O5S/c1-14(13-25(2,21)22)18-10-16-11-19(8-9-23-16)17(20)24-12-15-6-4-3-5-7-15/h3-7,14,16,18H,8-13H2,1-2H3. The van der Waals surface area contributed by atoms with Gasteiger partial charge in [0.25, 0.3) is 0 Å². The summed E-state index contributed by atoms with van der Waals surface area (Å²) in [5.74, 6) is 0.0720. The lowest BCUT2D eigenvalue weighted by atomic mass is 10.2. The lowest BCUT2D eigenvalue weighted by Crippen LogP contribution is -2.50. The van der Waals surface area contributed by atoms with E-state index in [0.29, 0.717) is 26.2 Å². The molecule has 0 bridgehead atoms. The zero-order valence-electron chi connectivity index (χ0n) is 14.7. The predicted molar refractivity (Wildman–Crippen MR) is 95.1 cm³/mol. The zero-order valence-corrected chi connectivity index (χ0v) is 15.5. The first-order valence-corrected chi connectivity index (χ1v) is 10.4. The molecule has 140 valence electrons. The van der Waals surface area contributed by atoms with Gasteiger partial charge in [0, 0.05) is 25.4 Å². The molecule has 7 nitrogen and oxygen atoms in total. The highest BCUT2D eigenvalue weighted by molar-refractivity contribution is 7.90. The van der Waals surface area contributed by atoms with Gasteiger partial charge in [-0.1, -0.05) is 30.3 Å². The summed E-state index contributed by atoms with van der Waals surface area (Å²) in [5, 5.41) is 3.14. The summed E-state index contributed by atoms with van der Waals surface area (Å²) < 4.78 is 33.5. The summed E-state index contributed by atoms with van der Waals surface area (Å²) in [6.07, 6.45) is 0.675. The second kappa shape index (κ2) is 9.17. The Morgan fingerprint density at radius 1 is 1.40 bits per heavy atom. The molecular weight excluding hydrogens is 344 g/mol. The summed E-state index contributed by atoms with van der Waals surface area (Å²) in [5.41, 5.74) is 0.942. The average Bonchev–Trinajstić information content (AvgIpc) is 2.57. The number of benzene rings is 1. The van der Waals surface area contributed by atoms with Crippen molar-refractivity contribution in [3.05, 3.63) is 35.9 Å². The van der Waals surface area contributed by atoms with Crippen molar-refractivity contribution in [1.29, 1.82) is 0 Å². The van der Waals surface area contributed by atoms with Crippen LogP contribution in [0, 0.1) is 0 Å². The smallest absolute Gasteiger partial charge is 0.410 e. The average molecular weight is 370 g/mol. The molecule has 1 aliphatic heterocycles. The van der Waals surface area contributed by atoms with Crippen molar-refractivity contribution in [2.24, 2.45) is 0 Å². The van der Waals surface area contributed by atoms with E-state index in [1.807, 2.05) is 37.3 Å². The number of nitrogens with zero attached hydrogens (tertiary/aromatic N) is 1. The molecule has 1 aromatic rings. The SMILES string of the molecule is CC(CS(C)(=O)=O)NCC1CN(C(=O)OCc2ccccc2)CCO1. The Balaban J connectivity index is 1.75. The molecule has 1 aliphatic rings. The number of hydrogen-bond donors (Lipinski definition) is 1. The highest BCUT2D eigenvalue weighted by Crippen LogP contribution is 2.09. The van der Waals surface area contributed by atoms with E-state index < -0.39 is 9.84 Å². The van der Waals surface area contributed by atoms with E-state index in [1.54, 1.807) is 4.90 Å². The Bertz CT molecular complexity index is 650. The number of morpholine rings is 1. The van der Waals surface area contributed by atoms with Gasteiger partial charge in [0.05, 0.1) is 25.0 Å². The Morgan fingerprint density at radius 3 is 2.80 bits per heavy atom. The number of hydrogen-bond acceptors (Lipinski definition) is 6. The van der Waals surface area contributed by atoms with E-state index in [2.05, 4.69) is 5.32 Å². The first-order valence-electron chi connectivity index (χ1n) is 8.32. The maximum absolute atomic E-state index is 12.2. The van der Waals surface area contributed by atoms with Crippen molar-refractivity contribution in [3.8, 4) is 0 Å². The maximum atomic E-state index is 12.2. The largest absolute Gasteiger partial charge is 0.445 e. The zero-order chi connectivity index (χ0) is 18.3. The monoisotopic (exact) mass is 370 g/mol. The first kappa shape index (κ1) is 19.7. The van der Waals surface area contributed by atoms with E-state index >= 15 is 0 Å². The number of nitrogens with one attached hydrogen (secondary N) is 1. The van der Waals surface area contributed by atoms with Gasteiger partial charge in [-0.15, -0.1) is 0 Å². The molecule has 1 saturated heterocycles. The third kappa shape index (κ3) is 7.41. The molecule has 0 saturated carbocycles. The summed E-state index contributed by atoms with van der Waals surface area (Å²) in [6, 6.07) is 9.36. The van der Waals surface area contributed by atoms with Crippen molar-refractivity contribution in [1.82, 2.24) is 10.2 Å². The Morgan fingerprint density at radius 2 is 2.12 bits per heavy atom. The van der Waals surface area contributed by atoms with Crippen LogP contribution < -0.4 is 5.32 Å². The molecule has 1 N–H and O–H groups in total. The fourth-order valence-corrected chi connectivity index (χ4v) is 3.69. The maximum Gasteiger partial charge on any atom is 0.410 e. The van der Waals surface area contributed by atoms with Crippen LogP contribution in [0.4, 0.5) is 4.79 Å². The van der Waals surface area contributed by atoms with Gasteiger partial charge in [0.1, 0.15) is 16.4 Å². The lowest BCUT2D eigenvalue weighted by molar-refractivity contribution is -0.0276. The van der Waals surface area contributed by atoms with Gasteiger partial charge < -0.3 is 19.7 Å². The summed E-state index contributed by atoms with van der Waals surface area (Å²) in [6.45, 7) is 3.89. The highest BCUT2D eigenvalue weighted by Gasteiger charge is 2.25.